The Morgan fingerprint density at radius 3 is 2.65 bits per heavy atom. The van der Waals surface area contributed by atoms with Gasteiger partial charge in [-0.05, 0) is 36.8 Å². The van der Waals surface area contributed by atoms with E-state index in [1.54, 1.807) is 19.3 Å². The number of benzene rings is 2. The van der Waals surface area contributed by atoms with Gasteiger partial charge in [-0.15, -0.1) is 0 Å². The van der Waals surface area contributed by atoms with Crippen LogP contribution in [0.25, 0.3) is 11.6 Å². The van der Waals surface area contributed by atoms with Crippen molar-refractivity contribution < 1.29 is 9.47 Å². The number of hydrogen-bond acceptors (Lipinski definition) is 3. The van der Waals surface area contributed by atoms with E-state index in [-0.39, 0.29) is 0 Å². The quantitative estimate of drug-likeness (QED) is 0.493. The monoisotopic (exact) mass is 391 g/mol. The van der Waals surface area contributed by atoms with E-state index in [2.05, 4.69) is 22.0 Å². The van der Waals surface area contributed by atoms with Gasteiger partial charge in [0, 0.05) is 15.1 Å². The number of allylic oxidation sites excluding steroid dienone is 1. The Morgan fingerprint density at radius 2 is 2.04 bits per heavy atom. The molecule has 0 unspecified atom stereocenters. The first-order valence-electron chi connectivity index (χ1n) is 6.97. The molecule has 0 aliphatic carbocycles. The van der Waals surface area contributed by atoms with Crippen LogP contribution < -0.4 is 9.47 Å². The molecule has 2 rings (SSSR count). The van der Waals surface area contributed by atoms with E-state index in [9.17, 15) is 5.26 Å². The minimum atomic E-state index is 0.476. The van der Waals surface area contributed by atoms with E-state index in [1.165, 1.54) is 0 Å². The molecule has 118 valence electrons. The summed E-state index contributed by atoms with van der Waals surface area (Å²) in [4.78, 5) is 0. The molecule has 0 radical (unpaired) electrons. The van der Waals surface area contributed by atoms with Crippen molar-refractivity contribution in [2.75, 3.05) is 13.7 Å². The predicted molar refractivity (Wildman–Crippen MR) is 96.8 cm³/mol. The average Bonchev–Trinajstić information content (AvgIpc) is 2.56. The lowest BCUT2D eigenvalue weighted by molar-refractivity contribution is 0.310. The standard InChI is InChI=1S/C18H15BrClNO2/c1-3-23-18-9-12(15(19)10-17(18)22-2)8-13(11-21)14-6-4-5-7-16(14)20/h4-10H,3H2,1-2H3/b13-8-. The molecule has 0 bridgehead atoms. The van der Waals surface area contributed by atoms with Gasteiger partial charge in [0.05, 0.1) is 25.4 Å². The molecule has 0 amide bonds. The third-order valence-corrected chi connectivity index (χ3v) is 4.18. The molecular weight excluding hydrogens is 378 g/mol. The van der Waals surface area contributed by atoms with Gasteiger partial charge in [-0.2, -0.15) is 5.26 Å². The lowest BCUT2D eigenvalue weighted by Gasteiger charge is -2.12. The number of rotatable bonds is 5. The number of methoxy groups -OCH3 is 1. The zero-order valence-electron chi connectivity index (χ0n) is 12.8. The molecule has 23 heavy (non-hydrogen) atoms. The highest BCUT2D eigenvalue weighted by Crippen LogP contribution is 2.36. The van der Waals surface area contributed by atoms with Crippen LogP contribution in [-0.2, 0) is 0 Å². The highest BCUT2D eigenvalue weighted by Gasteiger charge is 2.11. The number of nitrogens with zero attached hydrogens (tertiary/aromatic N) is 1. The first-order chi connectivity index (χ1) is 11.1. The van der Waals surface area contributed by atoms with Crippen LogP contribution in [0, 0.1) is 11.3 Å². The van der Waals surface area contributed by atoms with E-state index in [4.69, 9.17) is 21.1 Å². The number of ether oxygens (including phenoxy) is 2. The average molecular weight is 393 g/mol. The molecule has 0 aromatic heterocycles. The summed E-state index contributed by atoms with van der Waals surface area (Å²) in [7, 11) is 1.59. The minimum Gasteiger partial charge on any atom is -0.493 e. The van der Waals surface area contributed by atoms with Crippen LogP contribution in [0.4, 0.5) is 0 Å². The van der Waals surface area contributed by atoms with Gasteiger partial charge in [-0.3, -0.25) is 0 Å². The first kappa shape index (κ1) is 17.4. The third-order valence-electron chi connectivity index (χ3n) is 3.17. The maximum absolute atomic E-state index is 9.48. The van der Waals surface area contributed by atoms with Gasteiger partial charge >= 0.3 is 0 Å². The van der Waals surface area contributed by atoms with Crippen molar-refractivity contribution >= 4 is 39.2 Å². The molecule has 0 atom stereocenters. The van der Waals surface area contributed by atoms with Crippen molar-refractivity contribution in [3.8, 4) is 17.6 Å². The summed E-state index contributed by atoms with van der Waals surface area (Å²) >= 11 is 9.68. The minimum absolute atomic E-state index is 0.476. The molecule has 2 aromatic carbocycles. The summed E-state index contributed by atoms with van der Waals surface area (Å²) in [5, 5.41) is 10.0. The Morgan fingerprint density at radius 1 is 1.30 bits per heavy atom. The number of halogens is 2. The van der Waals surface area contributed by atoms with E-state index in [1.807, 2.05) is 37.3 Å². The molecule has 3 nitrogen and oxygen atoms in total. The zero-order valence-corrected chi connectivity index (χ0v) is 15.1. The van der Waals surface area contributed by atoms with E-state index >= 15 is 0 Å². The summed E-state index contributed by atoms with van der Waals surface area (Å²) < 4.78 is 11.7. The fourth-order valence-corrected chi connectivity index (χ4v) is 2.77. The maximum Gasteiger partial charge on any atom is 0.161 e. The van der Waals surface area contributed by atoms with E-state index in [0.717, 1.165) is 10.0 Å². The van der Waals surface area contributed by atoms with Crippen molar-refractivity contribution in [3.05, 3.63) is 57.0 Å². The van der Waals surface area contributed by atoms with Crippen LogP contribution in [0.3, 0.4) is 0 Å². The van der Waals surface area contributed by atoms with Gasteiger partial charge in [-0.1, -0.05) is 45.7 Å². The predicted octanol–water partition coefficient (Wildman–Crippen LogP) is 5.57. The summed E-state index contributed by atoms with van der Waals surface area (Å²) in [6.07, 6.45) is 1.77. The highest BCUT2D eigenvalue weighted by atomic mass is 79.9. The van der Waals surface area contributed by atoms with Crippen molar-refractivity contribution in [3.63, 3.8) is 0 Å². The molecule has 0 aliphatic heterocycles. The second-order valence-electron chi connectivity index (χ2n) is 4.61. The molecule has 0 fully saturated rings. The van der Waals surface area contributed by atoms with Crippen molar-refractivity contribution in [1.82, 2.24) is 0 Å². The molecular formula is C18H15BrClNO2. The van der Waals surface area contributed by atoms with Crippen LogP contribution in [0.1, 0.15) is 18.1 Å². The lowest BCUT2D eigenvalue weighted by atomic mass is 10.0. The smallest absolute Gasteiger partial charge is 0.161 e. The Hall–Kier alpha value is -1.96. The lowest BCUT2D eigenvalue weighted by Crippen LogP contribution is -1.96. The summed E-state index contributed by atoms with van der Waals surface area (Å²) in [5.41, 5.74) is 1.98. The first-order valence-corrected chi connectivity index (χ1v) is 8.14. The van der Waals surface area contributed by atoms with Crippen LogP contribution in [0.5, 0.6) is 11.5 Å². The van der Waals surface area contributed by atoms with Gasteiger partial charge in [-0.25, -0.2) is 0 Å². The fourth-order valence-electron chi connectivity index (χ4n) is 2.09. The topological polar surface area (TPSA) is 42.2 Å². The van der Waals surface area contributed by atoms with Crippen LogP contribution >= 0.6 is 27.5 Å². The third kappa shape index (κ3) is 4.07. The van der Waals surface area contributed by atoms with Gasteiger partial charge in [0.15, 0.2) is 11.5 Å². The molecule has 5 heteroatoms. The molecule has 0 N–H and O–H groups in total. The Labute approximate surface area is 149 Å². The summed E-state index contributed by atoms with van der Waals surface area (Å²) in [6.45, 7) is 2.43. The SMILES string of the molecule is CCOc1cc(/C=C(/C#N)c2ccccc2Cl)c(Br)cc1OC. The number of nitriles is 1. The van der Waals surface area contributed by atoms with Gasteiger partial charge in [0.1, 0.15) is 0 Å². The highest BCUT2D eigenvalue weighted by molar-refractivity contribution is 9.10. The molecule has 0 spiro atoms. The van der Waals surface area contributed by atoms with E-state index in [0.29, 0.717) is 34.3 Å². The van der Waals surface area contributed by atoms with Gasteiger partial charge in [0.25, 0.3) is 0 Å². The summed E-state index contributed by atoms with van der Waals surface area (Å²) in [6, 6.07) is 13.1. The van der Waals surface area contributed by atoms with E-state index < -0.39 is 0 Å². The Bertz CT molecular complexity index is 781. The maximum atomic E-state index is 9.48. The molecule has 0 saturated carbocycles. The molecule has 0 aliphatic rings. The normalized spacial score (nSPS) is 11.0. The molecule has 0 saturated heterocycles. The van der Waals surface area contributed by atoms with Crippen molar-refractivity contribution in [2.24, 2.45) is 0 Å². The molecule has 0 heterocycles. The second-order valence-corrected chi connectivity index (χ2v) is 5.87. The van der Waals surface area contributed by atoms with Crippen LogP contribution in [-0.4, -0.2) is 13.7 Å². The largest absolute Gasteiger partial charge is 0.493 e. The zero-order chi connectivity index (χ0) is 16.8. The second kappa shape index (κ2) is 8.05. The number of hydrogen-bond donors (Lipinski definition) is 0. The fraction of sp³-hybridized carbons (Fsp3) is 0.167. The summed E-state index contributed by atoms with van der Waals surface area (Å²) in [5.74, 6) is 1.26. The van der Waals surface area contributed by atoms with Crippen molar-refractivity contribution in [1.29, 1.82) is 5.26 Å². The van der Waals surface area contributed by atoms with Gasteiger partial charge in [0.2, 0.25) is 0 Å². The van der Waals surface area contributed by atoms with Gasteiger partial charge < -0.3 is 9.47 Å². The Balaban J connectivity index is 2.54. The molecule has 2 aromatic rings. The van der Waals surface area contributed by atoms with Crippen molar-refractivity contribution in [2.45, 2.75) is 6.92 Å². The Kier molecular flexibility index (Phi) is 6.09. The van der Waals surface area contributed by atoms with Crippen LogP contribution in [0.15, 0.2) is 40.9 Å². The van der Waals surface area contributed by atoms with Crippen LogP contribution in [0.2, 0.25) is 5.02 Å².